The zero-order valence-electron chi connectivity index (χ0n) is 14.9. The van der Waals surface area contributed by atoms with E-state index in [0.29, 0.717) is 5.56 Å². The molecule has 0 saturated carbocycles. The molecule has 2 aromatic rings. The lowest BCUT2D eigenvalue weighted by Gasteiger charge is -2.20. The van der Waals surface area contributed by atoms with Crippen LogP contribution in [0.15, 0.2) is 41.3 Å². The quantitative estimate of drug-likeness (QED) is 0.636. The van der Waals surface area contributed by atoms with Gasteiger partial charge in [0.25, 0.3) is 5.69 Å². The largest absolute Gasteiger partial charge is 0.270 e. The first kappa shape index (κ1) is 18.5. The highest BCUT2D eigenvalue weighted by molar-refractivity contribution is 7.89. The fourth-order valence-electron chi connectivity index (χ4n) is 3.38. The summed E-state index contributed by atoms with van der Waals surface area (Å²) in [6, 6.07) is 9.55. The highest BCUT2D eigenvalue weighted by Crippen LogP contribution is 2.27. The Hall–Kier alpha value is -2.25. The lowest BCUT2D eigenvalue weighted by atomic mass is 9.89. The second-order valence-electron chi connectivity index (χ2n) is 6.79. The number of aryl methyl sites for hydroxylation is 3. The summed E-state index contributed by atoms with van der Waals surface area (Å²) < 4.78 is 28.2. The molecule has 1 aliphatic carbocycles. The molecule has 0 fully saturated rings. The monoisotopic (exact) mass is 374 g/mol. The Bertz CT molecular complexity index is 954. The van der Waals surface area contributed by atoms with E-state index >= 15 is 0 Å². The number of sulfonamides is 1. The number of nitro groups is 1. The van der Waals surface area contributed by atoms with Gasteiger partial charge in [-0.25, -0.2) is 13.1 Å². The summed E-state index contributed by atoms with van der Waals surface area (Å²) in [7, 11) is -3.87. The topological polar surface area (TPSA) is 89.3 Å². The number of rotatable bonds is 5. The molecule has 1 aliphatic rings. The van der Waals surface area contributed by atoms with E-state index in [1.165, 1.54) is 29.7 Å². The average Bonchev–Trinajstić information content (AvgIpc) is 2.60. The summed E-state index contributed by atoms with van der Waals surface area (Å²) in [5.74, 6) is 0. The molecule has 1 atom stereocenters. The van der Waals surface area contributed by atoms with Crippen LogP contribution < -0.4 is 4.72 Å². The van der Waals surface area contributed by atoms with Gasteiger partial charge in [-0.05, 0) is 61.8 Å². The molecule has 2 aromatic carbocycles. The van der Waals surface area contributed by atoms with Crippen LogP contribution in [0.2, 0.25) is 0 Å². The van der Waals surface area contributed by atoms with Crippen molar-refractivity contribution in [2.45, 2.75) is 50.5 Å². The third kappa shape index (κ3) is 3.78. The molecule has 0 radical (unpaired) electrons. The molecular weight excluding hydrogens is 352 g/mol. The SMILES string of the molecule is Cc1ccc([N+](=O)[O-])cc1S(=O)(=O)NC(C)c1ccc2c(c1)CCCC2. The minimum atomic E-state index is -3.87. The molecule has 0 saturated heterocycles. The standard InChI is InChI=1S/C19H22N2O4S/c1-13-7-10-18(21(22)23)12-19(13)26(24,25)20-14(2)16-9-8-15-5-3-4-6-17(15)11-16/h7-12,14,20H,3-6H2,1-2H3. The van der Waals surface area contributed by atoms with Crippen LogP contribution in [0.4, 0.5) is 5.69 Å². The Kier molecular flexibility index (Phi) is 5.11. The zero-order valence-corrected chi connectivity index (χ0v) is 15.7. The van der Waals surface area contributed by atoms with Crippen LogP contribution in [0.5, 0.6) is 0 Å². The van der Waals surface area contributed by atoms with Crippen LogP contribution in [-0.2, 0) is 22.9 Å². The van der Waals surface area contributed by atoms with Crippen molar-refractivity contribution in [3.63, 3.8) is 0 Å². The average molecular weight is 374 g/mol. The first-order valence-electron chi connectivity index (χ1n) is 8.67. The molecule has 0 spiro atoms. The van der Waals surface area contributed by atoms with E-state index in [0.717, 1.165) is 30.9 Å². The second-order valence-corrected chi connectivity index (χ2v) is 8.47. The van der Waals surface area contributed by atoms with Gasteiger partial charge in [-0.1, -0.05) is 24.3 Å². The van der Waals surface area contributed by atoms with Crippen molar-refractivity contribution in [1.82, 2.24) is 4.72 Å². The predicted molar refractivity (Wildman–Crippen MR) is 99.7 cm³/mol. The van der Waals surface area contributed by atoms with Crippen LogP contribution in [0, 0.1) is 17.0 Å². The van der Waals surface area contributed by atoms with E-state index in [4.69, 9.17) is 0 Å². The smallest absolute Gasteiger partial charge is 0.258 e. The van der Waals surface area contributed by atoms with Crippen LogP contribution >= 0.6 is 0 Å². The maximum atomic E-state index is 12.8. The number of benzene rings is 2. The Morgan fingerprint density at radius 3 is 2.46 bits per heavy atom. The maximum absolute atomic E-state index is 12.8. The number of nitro benzene ring substituents is 1. The Balaban J connectivity index is 1.87. The zero-order chi connectivity index (χ0) is 18.9. The number of hydrogen-bond acceptors (Lipinski definition) is 4. The number of non-ortho nitro benzene ring substituents is 1. The molecule has 1 unspecified atom stereocenters. The van der Waals surface area contributed by atoms with Crippen molar-refractivity contribution in [2.75, 3.05) is 0 Å². The molecule has 6 nitrogen and oxygen atoms in total. The predicted octanol–water partition coefficient (Wildman–Crippen LogP) is 3.82. The summed E-state index contributed by atoms with van der Waals surface area (Å²) in [6.07, 6.45) is 4.44. The van der Waals surface area contributed by atoms with Gasteiger partial charge in [-0.15, -0.1) is 0 Å². The Morgan fingerprint density at radius 1 is 1.08 bits per heavy atom. The van der Waals surface area contributed by atoms with Gasteiger partial charge < -0.3 is 0 Å². The first-order valence-corrected chi connectivity index (χ1v) is 10.2. The molecular formula is C19H22N2O4S. The Morgan fingerprint density at radius 2 is 1.77 bits per heavy atom. The molecule has 0 heterocycles. The van der Waals surface area contributed by atoms with Gasteiger partial charge >= 0.3 is 0 Å². The summed E-state index contributed by atoms with van der Waals surface area (Å²) >= 11 is 0. The lowest BCUT2D eigenvalue weighted by molar-refractivity contribution is -0.385. The summed E-state index contributed by atoms with van der Waals surface area (Å²) in [5.41, 5.74) is 3.76. The molecule has 138 valence electrons. The van der Waals surface area contributed by atoms with Crippen LogP contribution in [0.3, 0.4) is 0 Å². The highest BCUT2D eigenvalue weighted by Gasteiger charge is 2.23. The minimum absolute atomic E-state index is 0.0588. The normalized spacial score (nSPS) is 15.3. The van der Waals surface area contributed by atoms with E-state index in [9.17, 15) is 18.5 Å². The number of nitrogens with one attached hydrogen (secondary N) is 1. The van der Waals surface area contributed by atoms with Gasteiger partial charge in [0.15, 0.2) is 0 Å². The van der Waals surface area contributed by atoms with Crippen molar-refractivity contribution in [3.05, 3.63) is 68.8 Å². The van der Waals surface area contributed by atoms with Crippen LogP contribution in [-0.4, -0.2) is 13.3 Å². The van der Waals surface area contributed by atoms with Crippen molar-refractivity contribution in [2.24, 2.45) is 0 Å². The van der Waals surface area contributed by atoms with Gasteiger partial charge in [-0.3, -0.25) is 10.1 Å². The van der Waals surface area contributed by atoms with Crippen LogP contribution in [0.25, 0.3) is 0 Å². The van der Waals surface area contributed by atoms with Crippen molar-refractivity contribution in [3.8, 4) is 0 Å². The highest BCUT2D eigenvalue weighted by atomic mass is 32.2. The molecule has 0 bridgehead atoms. The molecule has 3 rings (SSSR count). The van der Waals surface area contributed by atoms with Gasteiger partial charge in [-0.2, -0.15) is 0 Å². The van der Waals surface area contributed by atoms with Crippen LogP contribution in [0.1, 0.15) is 48.1 Å². The number of hydrogen-bond donors (Lipinski definition) is 1. The third-order valence-corrected chi connectivity index (χ3v) is 6.56. The lowest BCUT2D eigenvalue weighted by Crippen LogP contribution is -2.27. The second kappa shape index (κ2) is 7.17. The summed E-state index contributed by atoms with van der Waals surface area (Å²) in [4.78, 5) is 10.3. The minimum Gasteiger partial charge on any atom is -0.258 e. The molecule has 26 heavy (non-hydrogen) atoms. The molecule has 7 heteroatoms. The van der Waals surface area contributed by atoms with E-state index in [2.05, 4.69) is 16.9 Å². The van der Waals surface area contributed by atoms with E-state index in [1.54, 1.807) is 13.8 Å². The fourth-order valence-corrected chi connectivity index (χ4v) is 4.88. The first-order chi connectivity index (χ1) is 12.3. The summed E-state index contributed by atoms with van der Waals surface area (Å²) in [6.45, 7) is 3.41. The van der Waals surface area contributed by atoms with Crippen molar-refractivity contribution < 1.29 is 13.3 Å². The van der Waals surface area contributed by atoms with Gasteiger partial charge in [0.2, 0.25) is 10.0 Å². The fraction of sp³-hybridized carbons (Fsp3) is 0.368. The molecule has 0 aliphatic heterocycles. The molecule has 0 aromatic heterocycles. The number of fused-ring (bicyclic) bond motifs is 1. The number of nitrogens with zero attached hydrogens (tertiary/aromatic N) is 1. The summed E-state index contributed by atoms with van der Waals surface area (Å²) in [5, 5.41) is 11.0. The van der Waals surface area contributed by atoms with E-state index in [1.807, 2.05) is 6.07 Å². The molecule has 1 N–H and O–H groups in total. The van der Waals surface area contributed by atoms with Crippen molar-refractivity contribution >= 4 is 15.7 Å². The third-order valence-electron chi connectivity index (χ3n) is 4.88. The van der Waals surface area contributed by atoms with Gasteiger partial charge in [0.1, 0.15) is 0 Å². The van der Waals surface area contributed by atoms with Crippen molar-refractivity contribution in [1.29, 1.82) is 0 Å². The van der Waals surface area contributed by atoms with Gasteiger partial charge in [0, 0.05) is 18.2 Å². The van der Waals surface area contributed by atoms with Gasteiger partial charge in [0.05, 0.1) is 9.82 Å². The van der Waals surface area contributed by atoms with E-state index < -0.39 is 21.0 Å². The Labute approximate surface area is 153 Å². The maximum Gasteiger partial charge on any atom is 0.270 e. The molecule has 0 amide bonds. The van der Waals surface area contributed by atoms with E-state index in [-0.39, 0.29) is 10.6 Å².